The number of carbonyl (C=O) groups is 1. The lowest BCUT2D eigenvalue weighted by Gasteiger charge is -2.32. The number of hydrogen-bond acceptors (Lipinski definition) is 3. The molecule has 1 saturated carbocycles. The minimum Gasteiger partial charge on any atom is -1.00 e. The molecule has 5 heteroatoms. The summed E-state index contributed by atoms with van der Waals surface area (Å²) in [6.07, 6.45) is 3.86. The van der Waals surface area contributed by atoms with Crippen LogP contribution in [-0.4, -0.2) is 49.9 Å². The third kappa shape index (κ3) is 5.03. The van der Waals surface area contributed by atoms with Gasteiger partial charge in [-0.15, -0.1) is 0 Å². The summed E-state index contributed by atoms with van der Waals surface area (Å²) in [6.45, 7) is 1.05. The molecule has 1 aromatic rings. The van der Waals surface area contributed by atoms with Crippen molar-refractivity contribution in [1.29, 1.82) is 0 Å². The van der Waals surface area contributed by atoms with Crippen molar-refractivity contribution in [3.63, 3.8) is 0 Å². The van der Waals surface area contributed by atoms with Gasteiger partial charge in [0.2, 0.25) is 0 Å². The number of benzene rings is 1. The Morgan fingerprint density at radius 2 is 1.78 bits per heavy atom. The Balaban J connectivity index is 0.00000264. The molecule has 0 radical (unpaired) electrons. The van der Waals surface area contributed by atoms with Gasteiger partial charge in [-0.2, -0.15) is 0 Å². The highest BCUT2D eigenvalue weighted by atomic mass is 79.9. The van der Waals surface area contributed by atoms with E-state index < -0.39 is 11.6 Å². The van der Waals surface area contributed by atoms with E-state index in [2.05, 4.69) is 0 Å². The van der Waals surface area contributed by atoms with Crippen LogP contribution in [0, 0.1) is 5.92 Å². The van der Waals surface area contributed by atoms with Crippen LogP contribution in [0.15, 0.2) is 30.3 Å². The van der Waals surface area contributed by atoms with Crippen LogP contribution >= 0.6 is 0 Å². The van der Waals surface area contributed by atoms with E-state index in [1.165, 1.54) is 0 Å². The molecule has 130 valence electrons. The first-order chi connectivity index (χ1) is 10.3. The molecule has 1 N–H and O–H groups in total. The number of halogens is 1. The summed E-state index contributed by atoms with van der Waals surface area (Å²) >= 11 is 0. The van der Waals surface area contributed by atoms with Gasteiger partial charge in [-0.05, 0) is 18.4 Å². The fourth-order valence-corrected chi connectivity index (χ4v) is 3.08. The highest BCUT2D eigenvalue weighted by molar-refractivity contribution is 5.81. The second-order valence-corrected chi connectivity index (χ2v) is 7.26. The van der Waals surface area contributed by atoms with Gasteiger partial charge in [0.25, 0.3) is 0 Å². The highest BCUT2D eigenvalue weighted by Crippen LogP contribution is 2.41. The zero-order chi connectivity index (χ0) is 16.2. The van der Waals surface area contributed by atoms with Crippen molar-refractivity contribution in [2.45, 2.75) is 31.3 Å². The van der Waals surface area contributed by atoms with Gasteiger partial charge >= 0.3 is 5.97 Å². The molecule has 0 aromatic heterocycles. The Morgan fingerprint density at radius 3 is 2.30 bits per heavy atom. The van der Waals surface area contributed by atoms with Crippen LogP contribution in [-0.2, 0) is 15.1 Å². The van der Waals surface area contributed by atoms with Gasteiger partial charge in [0.15, 0.2) is 5.60 Å². The van der Waals surface area contributed by atoms with Gasteiger partial charge < -0.3 is 31.3 Å². The molecule has 4 nitrogen and oxygen atoms in total. The first-order valence-electron chi connectivity index (χ1n) is 8.09. The molecule has 23 heavy (non-hydrogen) atoms. The summed E-state index contributed by atoms with van der Waals surface area (Å²) in [7, 11) is 6.15. The lowest BCUT2D eigenvalue weighted by atomic mass is 9.80. The van der Waals surface area contributed by atoms with Gasteiger partial charge in [0, 0.05) is 5.92 Å². The number of likely N-dealkylation sites (N-methyl/N-ethyl adjacent to an activating group) is 1. The first kappa shape index (κ1) is 20.1. The van der Waals surface area contributed by atoms with Crippen molar-refractivity contribution in [1.82, 2.24) is 0 Å². The zero-order valence-corrected chi connectivity index (χ0v) is 15.9. The lowest BCUT2D eigenvalue weighted by Crippen LogP contribution is -3.00. The van der Waals surface area contributed by atoms with Gasteiger partial charge in [-0.3, -0.25) is 0 Å². The fourth-order valence-electron chi connectivity index (χ4n) is 3.08. The summed E-state index contributed by atoms with van der Waals surface area (Å²) in [6, 6.07) is 9.24. The molecule has 0 heterocycles. The van der Waals surface area contributed by atoms with E-state index in [1.807, 2.05) is 51.5 Å². The molecule has 0 aliphatic heterocycles. The van der Waals surface area contributed by atoms with Gasteiger partial charge in [-0.1, -0.05) is 43.2 Å². The smallest absolute Gasteiger partial charge is 0.343 e. The normalized spacial score (nSPS) is 18.1. The second kappa shape index (κ2) is 8.27. The number of nitrogens with zero attached hydrogens (tertiary/aromatic N) is 1. The molecule has 0 bridgehead atoms. The average molecular weight is 386 g/mol. The van der Waals surface area contributed by atoms with Crippen LogP contribution in [0.2, 0.25) is 0 Å². The summed E-state index contributed by atoms with van der Waals surface area (Å²) in [5.74, 6) is -0.550. The molecule has 0 saturated heterocycles. The average Bonchev–Trinajstić information content (AvgIpc) is 3.00. The van der Waals surface area contributed by atoms with E-state index in [0.717, 1.165) is 36.7 Å². The predicted octanol–water partition coefficient (Wildman–Crippen LogP) is -0.682. The topological polar surface area (TPSA) is 46.5 Å². The van der Waals surface area contributed by atoms with Crippen LogP contribution in [0.5, 0.6) is 0 Å². The van der Waals surface area contributed by atoms with Crippen molar-refractivity contribution in [3.05, 3.63) is 35.9 Å². The van der Waals surface area contributed by atoms with E-state index in [-0.39, 0.29) is 22.9 Å². The van der Waals surface area contributed by atoms with Gasteiger partial charge in [-0.25, -0.2) is 4.79 Å². The molecule has 2 rings (SSSR count). The molecule has 0 spiro atoms. The van der Waals surface area contributed by atoms with Crippen LogP contribution in [0.25, 0.3) is 0 Å². The molecule has 1 unspecified atom stereocenters. The third-order valence-corrected chi connectivity index (χ3v) is 4.47. The van der Waals surface area contributed by atoms with E-state index in [9.17, 15) is 9.90 Å². The molecule has 1 atom stereocenters. The van der Waals surface area contributed by atoms with E-state index in [1.54, 1.807) is 0 Å². The first-order valence-corrected chi connectivity index (χ1v) is 8.09. The molecular weight excluding hydrogens is 358 g/mol. The van der Waals surface area contributed by atoms with Crippen LogP contribution in [0.4, 0.5) is 0 Å². The van der Waals surface area contributed by atoms with E-state index >= 15 is 0 Å². The SMILES string of the molecule is C[N+](C)(C)CCOC(=O)C(O)(c1ccccc1)C1CCCC1.[Br-]. The summed E-state index contributed by atoms with van der Waals surface area (Å²) in [5, 5.41) is 11.2. The van der Waals surface area contributed by atoms with Crippen LogP contribution < -0.4 is 17.0 Å². The van der Waals surface area contributed by atoms with Crippen molar-refractivity contribution < 1.29 is 36.1 Å². The Hall–Kier alpha value is -0.910. The largest absolute Gasteiger partial charge is 1.00 e. The maximum absolute atomic E-state index is 12.7. The number of aliphatic hydroxyl groups is 1. The Labute approximate surface area is 149 Å². The third-order valence-electron chi connectivity index (χ3n) is 4.47. The second-order valence-electron chi connectivity index (χ2n) is 7.26. The number of ether oxygens (including phenoxy) is 1. The monoisotopic (exact) mass is 385 g/mol. The maximum atomic E-state index is 12.7. The molecule has 1 fully saturated rings. The number of quaternary nitrogens is 1. The van der Waals surface area contributed by atoms with E-state index in [0.29, 0.717) is 12.2 Å². The van der Waals surface area contributed by atoms with Crippen molar-refractivity contribution in [2.75, 3.05) is 34.3 Å². The minimum absolute atomic E-state index is 0. The number of carbonyl (C=O) groups excluding carboxylic acids is 1. The van der Waals surface area contributed by atoms with Crippen molar-refractivity contribution in [3.8, 4) is 0 Å². The molecule has 0 amide bonds. The Kier molecular flexibility index (Phi) is 7.24. The Bertz CT molecular complexity index is 495. The number of hydrogen-bond donors (Lipinski definition) is 1. The predicted molar refractivity (Wildman–Crippen MR) is 86.2 cm³/mol. The minimum atomic E-state index is -1.51. The molecule has 1 aliphatic carbocycles. The zero-order valence-electron chi connectivity index (χ0n) is 14.3. The van der Waals surface area contributed by atoms with Crippen LogP contribution in [0.1, 0.15) is 31.2 Å². The Morgan fingerprint density at radius 1 is 1.22 bits per heavy atom. The lowest BCUT2D eigenvalue weighted by molar-refractivity contribution is -0.870. The van der Waals surface area contributed by atoms with Crippen molar-refractivity contribution in [2.24, 2.45) is 5.92 Å². The van der Waals surface area contributed by atoms with Crippen molar-refractivity contribution >= 4 is 5.97 Å². The molecule has 1 aliphatic rings. The fraction of sp³-hybridized carbons (Fsp3) is 0.611. The van der Waals surface area contributed by atoms with E-state index in [4.69, 9.17) is 4.74 Å². The molecule has 1 aromatic carbocycles. The van der Waals surface area contributed by atoms with Gasteiger partial charge in [0.1, 0.15) is 13.2 Å². The number of esters is 1. The summed E-state index contributed by atoms with van der Waals surface area (Å²) in [4.78, 5) is 12.7. The molecular formula is C18H28BrNO3. The highest BCUT2D eigenvalue weighted by Gasteiger charge is 2.47. The van der Waals surface area contributed by atoms with Gasteiger partial charge in [0.05, 0.1) is 21.1 Å². The van der Waals surface area contributed by atoms with Crippen LogP contribution in [0.3, 0.4) is 0 Å². The quantitative estimate of drug-likeness (QED) is 0.521. The maximum Gasteiger partial charge on any atom is 0.343 e. The summed E-state index contributed by atoms with van der Waals surface area (Å²) < 4.78 is 6.17. The summed E-state index contributed by atoms with van der Waals surface area (Å²) in [5.41, 5.74) is -0.861. The number of rotatable bonds is 6. The standard InChI is InChI=1S/C18H28NO3.BrH/c1-19(2,3)13-14-22-17(20)18(21,16-11-7-8-12-16)15-9-5-4-6-10-15;/h4-6,9-10,16,21H,7-8,11-14H2,1-3H3;1H/q+1;/p-1.